The standard InChI is InChI=1S/C29H31N3O3/c1-35-27-13-11-22(12-14-27)29(34)32(25-9-3-2-4-10-25)21-28(33)31-17-15-30(16-18-31)26-19-23-7-5-6-8-24(23)20-26/h2-14,26H,15-21H2,1H3. The summed E-state index contributed by atoms with van der Waals surface area (Å²) in [5.41, 5.74) is 4.13. The van der Waals surface area contributed by atoms with Gasteiger partial charge in [0.15, 0.2) is 0 Å². The Morgan fingerprint density at radius 3 is 2.03 bits per heavy atom. The summed E-state index contributed by atoms with van der Waals surface area (Å²) in [4.78, 5) is 32.7. The van der Waals surface area contributed by atoms with Crippen molar-refractivity contribution in [1.29, 1.82) is 0 Å². The van der Waals surface area contributed by atoms with E-state index >= 15 is 0 Å². The summed E-state index contributed by atoms with van der Waals surface area (Å²) in [5, 5.41) is 0. The van der Waals surface area contributed by atoms with Crippen molar-refractivity contribution in [1.82, 2.24) is 9.80 Å². The molecule has 0 radical (unpaired) electrons. The van der Waals surface area contributed by atoms with Gasteiger partial charge in [-0.2, -0.15) is 0 Å². The highest BCUT2D eigenvalue weighted by Gasteiger charge is 2.31. The van der Waals surface area contributed by atoms with E-state index < -0.39 is 0 Å². The van der Waals surface area contributed by atoms with Crippen molar-refractivity contribution in [2.24, 2.45) is 0 Å². The van der Waals surface area contributed by atoms with Gasteiger partial charge in [0.2, 0.25) is 5.91 Å². The minimum absolute atomic E-state index is 0.0176. The summed E-state index contributed by atoms with van der Waals surface area (Å²) >= 11 is 0. The van der Waals surface area contributed by atoms with Crippen LogP contribution in [0.3, 0.4) is 0 Å². The molecule has 3 aromatic rings. The maximum absolute atomic E-state index is 13.4. The molecule has 180 valence electrons. The molecule has 0 saturated carbocycles. The molecule has 0 aromatic heterocycles. The Morgan fingerprint density at radius 1 is 0.829 bits per heavy atom. The highest BCUT2D eigenvalue weighted by atomic mass is 16.5. The molecule has 3 aromatic carbocycles. The predicted molar refractivity (Wildman–Crippen MR) is 137 cm³/mol. The number of amides is 2. The minimum Gasteiger partial charge on any atom is -0.497 e. The number of piperazine rings is 1. The van der Waals surface area contributed by atoms with Gasteiger partial charge >= 0.3 is 0 Å². The number of para-hydroxylation sites is 1. The molecule has 35 heavy (non-hydrogen) atoms. The van der Waals surface area contributed by atoms with E-state index in [2.05, 4.69) is 29.2 Å². The second kappa shape index (κ2) is 10.3. The molecule has 2 aliphatic rings. The van der Waals surface area contributed by atoms with Gasteiger partial charge in [0, 0.05) is 43.5 Å². The van der Waals surface area contributed by atoms with Crippen molar-refractivity contribution in [2.45, 2.75) is 18.9 Å². The van der Waals surface area contributed by atoms with Crippen LogP contribution in [0.5, 0.6) is 5.75 Å². The fourth-order valence-corrected chi connectivity index (χ4v) is 5.14. The molecule has 0 atom stereocenters. The zero-order valence-corrected chi connectivity index (χ0v) is 20.1. The number of benzene rings is 3. The third kappa shape index (κ3) is 5.08. The van der Waals surface area contributed by atoms with E-state index in [0.717, 1.165) is 25.9 Å². The topological polar surface area (TPSA) is 53.1 Å². The maximum Gasteiger partial charge on any atom is 0.258 e. The van der Waals surface area contributed by atoms with Crippen LogP contribution >= 0.6 is 0 Å². The summed E-state index contributed by atoms with van der Waals surface area (Å²) in [5.74, 6) is 0.465. The summed E-state index contributed by atoms with van der Waals surface area (Å²) in [7, 11) is 1.59. The monoisotopic (exact) mass is 469 g/mol. The van der Waals surface area contributed by atoms with E-state index in [1.807, 2.05) is 35.2 Å². The molecule has 1 aliphatic carbocycles. The number of carbonyl (C=O) groups excluding carboxylic acids is 2. The van der Waals surface area contributed by atoms with Gasteiger partial charge in [-0.05, 0) is 60.4 Å². The van der Waals surface area contributed by atoms with Crippen molar-refractivity contribution in [3.63, 3.8) is 0 Å². The maximum atomic E-state index is 13.4. The molecular weight excluding hydrogens is 438 g/mol. The Kier molecular flexibility index (Phi) is 6.82. The Morgan fingerprint density at radius 2 is 1.43 bits per heavy atom. The average Bonchev–Trinajstić information content (AvgIpc) is 3.36. The fourth-order valence-electron chi connectivity index (χ4n) is 5.14. The molecule has 1 fully saturated rings. The molecular formula is C29H31N3O3. The van der Waals surface area contributed by atoms with Gasteiger partial charge in [0.05, 0.1) is 7.11 Å². The second-order valence-electron chi connectivity index (χ2n) is 9.20. The van der Waals surface area contributed by atoms with Crippen LogP contribution in [0.4, 0.5) is 5.69 Å². The van der Waals surface area contributed by atoms with Crippen LogP contribution in [0.2, 0.25) is 0 Å². The molecule has 6 heteroatoms. The molecule has 1 saturated heterocycles. The van der Waals surface area contributed by atoms with Gasteiger partial charge in [-0.1, -0.05) is 42.5 Å². The lowest BCUT2D eigenvalue weighted by atomic mass is 10.1. The number of hydrogen-bond acceptors (Lipinski definition) is 4. The van der Waals surface area contributed by atoms with E-state index in [-0.39, 0.29) is 18.4 Å². The molecule has 1 aliphatic heterocycles. The Balaban J connectivity index is 1.23. The average molecular weight is 470 g/mol. The number of rotatable bonds is 6. The number of anilines is 1. The lowest BCUT2D eigenvalue weighted by molar-refractivity contribution is -0.131. The number of ether oxygens (including phenoxy) is 1. The quantitative estimate of drug-likeness (QED) is 0.553. The number of fused-ring (bicyclic) bond motifs is 1. The highest BCUT2D eigenvalue weighted by molar-refractivity contribution is 6.08. The first-order valence-corrected chi connectivity index (χ1v) is 12.2. The smallest absolute Gasteiger partial charge is 0.258 e. The van der Waals surface area contributed by atoms with Crippen LogP contribution in [-0.4, -0.2) is 67.5 Å². The Hall–Kier alpha value is -3.64. The Labute approximate surface area is 206 Å². The van der Waals surface area contributed by atoms with E-state index in [9.17, 15) is 9.59 Å². The summed E-state index contributed by atoms with van der Waals surface area (Å²) in [6.45, 7) is 3.12. The van der Waals surface area contributed by atoms with E-state index in [1.54, 1.807) is 36.3 Å². The number of methoxy groups -OCH3 is 1. The van der Waals surface area contributed by atoms with Crippen LogP contribution in [0.15, 0.2) is 78.9 Å². The van der Waals surface area contributed by atoms with Crippen molar-refractivity contribution in [3.05, 3.63) is 95.6 Å². The largest absolute Gasteiger partial charge is 0.497 e. The van der Waals surface area contributed by atoms with E-state index in [1.165, 1.54) is 11.1 Å². The van der Waals surface area contributed by atoms with Gasteiger partial charge in [-0.3, -0.25) is 19.4 Å². The van der Waals surface area contributed by atoms with Crippen molar-refractivity contribution in [2.75, 3.05) is 44.7 Å². The van der Waals surface area contributed by atoms with Crippen LogP contribution in [0.25, 0.3) is 0 Å². The predicted octanol–water partition coefficient (Wildman–Crippen LogP) is 3.65. The SMILES string of the molecule is COc1ccc(C(=O)N(CC(=O)N2CCN(C3Cc4ccccc4C3)CC2)c2ccccc2)cc1. The normalized spacial score (nSPS) is 16.1. The van der Waals surface area contributed by atoms with E-state index in [4.69, 9.17) is 4.74 Å². The van der Waals surface area contributed by atoms with Crippen LogP contribution in [-0.2, 0) is 17.6 Å². The number of carbonyl (C=O) groups is 2. The lowest BCUT2D eigenvalue weighted by Crippen LogP contribution is -2.54. The third-order valence-corrected chi connectivity index (χ3v) is 7.16. The van der Waals surface area contributed by atoms with Crippen molar-refractivity contribution < 1.29 is 14.3 Å². The van der Waals surface area contributed by atoms with Crippen LogP contribution < -0.4 is 9.64 Å². The van der Waals surface area contributed by atoms with Crippen molar-refractivity contribution in [3.8, 4) is 5.75 Å². The summed E-state index contributed by atoms with van der Waals surface area (Å²) in [6.07, 6.45) is 2.17. The fraction of sp³-hybridized carbons (Fsp3) is 0.310. The first-order chi connectivity index (χ1) is 17.1. The zero-order chi connectivity index (χ0) is 24.2. The first-order valence-electron chi connectivity index (χ1n) is 12.2. The molecule has 0 spiro atoms. The second-order valence-corrected chi connectivity index (χ2v) is 9.20. The summed E-state index contributed by atoms with van der Waals surface area (Å²) < 4.78 is 5.21. The van der Waals surface area contributed by atoms with Crippen LogP contribution in [0.1, 0.15) is 21.5 Å². The van der Waals surface area contributed by atoms with Gasteiger partial charge in [-0.15, -0.1) is 0 Å². The number of nitrogens with zero attached hydrogens (tertiary/aromatic N) is 3. The molecule has 5 rings (SSSR count). The van der Waals surface area contributed by atoms with Gasteiger partial charge in [0.25, 0.3) is 5.91 Å². The van der Waals surface area contributed by atoms with Gasteiger partial charge in [0.1, 0.15) is 12.3 Å². The molecule has 6 nitrogen and oxygen atoms in total. The lowest BCUT2D eigenvalue weighted by Gasteiger charge is -2.38. The van der Waals surface area contributed by atoms with E-state index in [0.29, 0.717) is 36.1 Å². The molecule has 2 amide bonds. The molecule has 0 bridgehead atoms. The molecule has 0 unspecified atom stereocenters. The van der Waals surface area contributed by atoms with Gasteiger partial charge in [-0.25, -0.2) is 0 Å². The zero-order valence-electron chi connectivity index (χ0n) is 20.1. The molecule has 0 N–H and O–H groups in total. The summed E-state index contributed by atoms with van der Waals surface area (Å²) in [6, 6.07) is 25.6. The minimum atomic E-state index is -0.199. The van der Waals surface area contributed by atoms with Crippen molar-refractivity contribution >= 4 is 17.5 Å². The Bertz CT molecular complexity index is 1150. The van der Waals surface area contributed by atoms with Crippen LogP contribution in [0, 0.1) is 0 Å². The van der Waals surface area contributed by atoms with Gasteiger partial charge < -0.3 is 9.64 Å². The third-order valence-electron chi connectivity index (χ3n) is 7.16. The number of hydrogen-bond donors (Lipinski definition) is 0. The first kappa shape index (κ1) is 23.1. The molecule has 1 heterocycles. The highest BCUT2D eigenvalue weighted by Crippen LogP contribution is 2.26.